The minimum Gasteiger partial charge on any atom is -0.398 e. The molecule has 1 heterocycles. The number of benzene rings is 1. The topological polar surface area (TPSA) is 63.4 Å². The van der Waals surface area contributed by atoms with E-state index in [1.807, 2.05) is 39.0 Å². The summed E-state index contributed by atoms with van der Waals surface area (Å²) in [6.07, 6.45) is 0.288. The van der Waals surface area contributed by atoms with Crippen molar-refractivity contribution in [3.05, 3.63) is 29.8 Å². The maximum Gasteiger partial charge on any atom is 0.236 e. The van der Waals surface area contributed by atoms with Crippen molar-refractivity contribution >= 4 is 17.5 Å². The van der Waals surface area contributed by atoms with Crippen LogP contribution in [0.1, 0.15) is 32.8 Å². The van der Waals surface area contributed by atoms with Gasteiger partial charge in [0, 0.05) is 12.1 Å². The minimum atomic E-state index is -0.583. The third-order valence-corrected chi connectivity index (χ3v) is 4.21. The first kappa shape index (κ1) is 13.6. The second kappa shape index (κ2) is 4.68. The molecule has 2 N–H and O–H groups in total. The zero-order valence-corrected chi connectivity index (χ0v) is 11.6. The highest BCUT2D eigenvalue weighted by Crippen LogP contribution is 2.40. The molecule has 1 aromatic rings. The molecule has 0 bridgehead atoms. The zero-order chi connectivity index (χ0) is 14.2. The van der Waals surface area contributed by atoms with E-state index in [9.17, 15) is 9.59 Å². The maximum absolute atomic E-state index is 12.5. The standard InChI is InChI=1S/C15H20N2O2/c1-10(2)15(3)8-13(18)17(14(15)19)9-11-6-4-5-7-12(11)16/h4-7,10H,8-9,16H2,1-3H3. The third kappa shape index (κ3) is 2.23. The van der Waals surface area contributed by atoms with Crippen LogP contribution in [-0.4, -0.2) is 16.7 Å². The van der Waals surface area contributed by atoms with Gasteiger partial charge in [0.05, 0.1) is 12.0 Å². The van der Waals surface area contributed by atoms with Crippen LogP contribution in [0.15, 0.2) is 24.3 Å². The van der Waals surface area contributed by atoms with E-state index in [1.54, 1.807) is 6.07 Å². The molecule has 1 aliphatic heterocycles. The molecule has 1 unspecified atom stereocenters. The molecule has 1 atom stereocenters. The molecule has 19 heavy (non-hydrogen) atoms. The molecule has 4 nitrogen and oxygen atoms in total. The van der Waals surface area contributed by atoms with Crippen LogP contribution in [0.3, 0.4) is 0 Å². The van der Waals surface area contributed by atoms with E-state index in [0.29, 0.717) is 5.69 Å². The molecule has 0 spiro atoms. The molecule has 1 fully saturated rings. The lowest BCUT2D eigenvalue weighted by Crippen LogP contribution is -2.36. The van der Waals surface area contributed by atoms with Gasteiger partial charge in [0.2, 0.25) is 11.8 Å². The fourth-order valence-corrected chi connectivity index (χ4v) is 2.37. The minimum absolute atomic E-state index is 0.0873. The Hall–Kier alpha value is -1.84. The average Bonchev–Trinajstić information content (AvgIpc) is 2.57. The lowest BCUT2D eigenvalue weighted by Gasteiger charge is -2.26. The van der Waals surface area contributed by atoms with Gasteiger partial charge in [0.1, 0.15) is 0 Å². The quantitative estimate of drug-likeness (QED) is 0.669. The van der Waals surface area contributed by atoms with Gasteiger partial charge in [-0.2, -0.15) is 0 Å². The van der Waals surface area contributed by atoms with Gasteiger partial charge in [-0.1, -0.05) is 32.0 Å². The number of nitrogens with two attached hydrogens (primary N) is 1. The van der Waals surface area contributed by atoms with Gasteiger partial charge >= 0.3 is 0 Å². The van der Waals surface area contributed by atoms with Crippen molar-refractivity contribution in [1.29, 1.82) is 0 Å². The van der Waals surface area contributed by atoms with Gasteiger partial charge in [-0.25, -0.2) is 0 Å². The Morgan fingerprint density at radius 1 is 1.32 bits per heavy atom. The van der Waals surface area contributed by atoms with Crippen molar-refractivity contribution in [3.8, 4) is 0 Å². The molecule has 102 valence electrons. The van der Waals surface area contributed by atoms with Crippen LogP contribution in [0.25, 0.3) is 0 Å². The summed E-state index contributed by atoms with van der Waals surface area (Å²) >= 11 is 0. The van der Waals surface area contributed by atoms with Crippen molar-refractivity contribution in [2.24, 2.45) is 11.3 Å². The van der Waals surface area contributed by atoms with Crippen molar-refractivity contribution in [2.45, 2.75) is 33.7 Å². The predicted octanol–water partition coefficient (Wildman–Crippen LogP) is 2.19. The second-order valence-corrected chi connectivity index (χ2v) is 5.73. The number of hydrogen-bond acceptors (Lipinski definition) is 3. The molecule has 2 rings (SSSR count). The Bertz CT molecular complexity index is 525. The fraction of sp³-hybridized carbons (Fsp3) is 0.467. The molecule has 0 aliphatic carbocycles. The number of amides is 2. The molecule has 2 amide bonds. The number of para-hydroxylation sites is 1. The lowest BCUT2D eigenvalue weighted by molar-refractivity contribution is -0.142. The van der Waals surface area contributed by atoms with Crippen LogP contribution >= 0.6 is 0 Å². The van der Waals surface area contributed by atoms with E-state index >= 15 is 0 Å². The average molecular weight is 260 g/mol. The summed E-state index contributed by atoms with van der Waals surface area (Å²) in [4.78, 5) is 25.9. The summed E-state index contributed by atoms with van der Waals surface area (Å²) in [6, 6.07) is 7.33. The number of carbonyl (C=O) groups is 2. The molecule has 1 aromatic carbocycles. The SMILES string of the molecule is CC(C)C1(C)CC(=O)N(Cc2ccccc2N)C1=O. The van der Waals surface area contributed by atoms with Crippen LogP contribution in [0.2, 0.25) is 0 Å². The van der Waals surface area contributed by atoms with Crippen LogP contribution in [-0.2, 0) is 16.1 Å². The van der Waals surface area contributed by atoms with Gasteiger partial charge in [0.15, 0.2) is 0 Å². The summed E-state index contributed by atoms with van der Waals surface area (Å²) in [5.41, 5.74) is 6.71. The number of hydrogen-bond donors (Lipinski definition) is 1. The summed E-state index contributed by atoms with van der Waals surface area (Å²) in [5, 5.41) is 0. The first-order valence-electron chi connectivity index (χ1n) is 6.54. The van der Waals surface area contributed by atoms with Crippen LogP contribution < -0.4 is 5.73 Å². The largest absolute Gasteiger partial charge is 0.398 e. The number of anilines is 1. The maximum atomic E-state index is 12.5. The highest BCUT2D eigenvalue weighted by atomic mass is 16.2. The number of likely N-dealkylation sites (tertiary alicyclic amines) is 1. The predicted molar refractivity (Wildman–Crippen MR) is 74.0 cm³/mol. The summed E-state index contributed by atoms with van der Waals surface area (Å²) in [5.74, 6) is -0.0534. The summed E-state index contributed by atoms with van der Waals surface area (Å²) in [6.45, 7) is 6.09. The lowest BCUT2D eigenvalue weighted by atomic mass is 9.78. The van der Waals surface area contributed by atoms with Crippen molar-refractivity contribution in [3.63, 3.8) is 0 Å². The number of imide groups is 1. The van der Waals surface area contributed by atoms with E-state index in [1.165, 1.54) is 4.90 Å². The molecule has 1 aliphatic rings. The number of rotatable bonds is 3. The van der Waals surface area contributed by atoms with E-state index < -0.39 is 5.41 Å². The smallest absolute Gasteiger partial charge is 0.236 e. The fourth-order valence-electron chi connectivity index (χ4n) is 2.37. The van der Waals surface area contributed by atoms with E-state index in [0.717, 1.165) is 5.56 Å². The van der Waals surface area contributed by atoms with E-state index in [4.69, 9.17) is 5.73 Å². The van der Waals surface area contributed by atoms with Crippen molar-refractivity contribution < 1.29 is 9.59 Å². The monoisotopic (exact) mass is 260 g/mol. The van der Waals surface area contributed by atoms with Crippen molar-refractivity contribution in [2.75, 3.05) is 5.73 Å². The molecule has 1 saturated heterocycles. The summed E-state index contributed by atoms with van der Waals surface area (Å²) < 4.78 is 0. The van der Waals surface area contributed by atoms with Gasteiger partial charge in [-0.05, 0) is 24.5 Å². The first-order chi connectivity index (χ1) is 8.86. The van der Waals surface area contributed by atoms with Gasteiger partial charge in [-0.3, -0.25) is 14.5 Å². The first-order valence-corrected chi connectivity index (χ1v) is 6.54. The van der Waals surface area contributed by atoms with Crippen LogP contribution in [0.4, 0.5) is 5.69 Å². The summed E-state index contributed by atoms with van der Waals surface area (Å²) in [7, 11) is 0. The third-order valence-electron chi connectivity index (χ3n) is 4.21. The molecule has 0 aromatic heterocycles. The molecule has 0 radical (unpaired) electrons. The van der Waals surface area contributed by atoms with Gasteiger partial charge in [0.25, 0.3) is 0 Å². The highest BCUT2D eigenvalue weighted by Gasteiger charge is 2.49. The number of nitrogens with zero attached hydrogens (tertiary/aromatic N) is 1. The molecule has 4 heteroatoms. The van der Waals surface area contributed by atoms with Gasteiger partial charge < -0.3 is 5.73 Å². The Morgan fingerprint density at radius 2 is 1.95 bits per heavy atom. The molecular weight excluding hydrogens is 240 g/mol. The van der Waals surface area contributed by atoms with Gasteiger partial charge in [-0.15, -0.1) is 0 Å². The van der Waals surface area contributed by atoms with E-state index in [2.05, 4.69) is 0 Å². The Balaban J connectivity index is 2.25. The zero-order valence-electron chi connectivity index (χ0n) is 11.6. The van der Waals surface area contributed by atoms with Crippen LogP contribution in [0, 0.1) is 11.3 Å². The number of nitrogen functional groups attached to an aromatic ring is 1. The molecule has 0 saturated carbocycles. The Kier molecular flexibility index (Phi) is 3.35. The van der Waals surface area contributed by atoms with Crippen molar-refractivity contribution in [1.82, 2.24) is 4.90 Å². The molecular formula is C15H20N2O2. The highest BCUT2D eigenvalue weighted by molar-refractivity contribution is 6.05. The second-order valence-electron chi connectivity index (χ2n) is 5.73. The Morgan fingerprint density at radius 3 is 2.47 bits per heavy atom. The Labute approximate surface area is 113 Å². The number of carbonyl (C=O) groups excluding carboxylic acids is 2. The normalized spacial score (nSPS) is 23.5. The van der Waals surface area contributed by atoms with E-state index in [-0.39, 0.29) is 30.7 Å². The van der Waals surface area contributed by atoms with Crippen LogP contribution in [0.5, 0.6) is 0 Å².